The van der Waals surface area contributed by atoms with Crippen LogP contribution in [0.25, 0.3) is 11.1 Å². The summed E-state index contributed by atoms with van der Waals surface area (Å²) >= 11 is 0. The zero-order valence-electron chi connectivity index (χ0n) is 23.2. The molecule has 0 unspecified atom stereocenters. The molecule has 1 amide bonds. The fourth-order valence-electron chi connectivity index (χ4n) is 7.09. The Kier molecular flexibility index (Phi) is 7.01. The molecule has 1 spiro atoms. The second-order valence-corrected chi connectivity index (χ2v) is 11.8. The number of hydrogen-bond acceptors (Lipinski definition) is 4. The Labute approximate surface area is 232 Å². The molecule has 1 saturated heterocycles. The van der Waals surface area contributed by atoms with Gasteiger partial charge in [-0.25, -0.2) is 0 Å². The number of rotatable bonds is 5. The Bertz CT molecular complexity index is 1410. The second-order valence-electron chi connectivity index (χ2n) is 11.8. The molecule has 2 aliphatic heterocycles. The molecule has 1 N–H and O–H groups in total. The summed E-state index contributed by atoms with van der Waals surface area (Å²) in [6, 6.07) is 24.0. The number of anilines is 1. The molecule has 1 saturated carbocycles. The number of nitrogens with zero attached hydrogens (tertiary/aromatic N) is 3. The minimum Gasteiger partial charge on any atom is -0.325 e. The Hall–Kier alpha value is -3.46. The van der Waals surface area contributed by atoms with Crippen LogP contribution in [0.1, 0.15) is 59.9 Å². The lowest BCUT2D eigenvalue weighted by Crippen LogP contribution is -2.59. The van der Waals surface area contributed by atoms with E-state index in [9.17, 15) is 10.1 Å². The molecule has 0 atom stereocenters. The number of hydrogen-bond donors (Lipinski definition) is 1. The zero-order valence-corrected chi connectivity index (χ0v) is 23.2. The van der Waals surface area contributed by atoms with Crippen LogP contribution in [0.2, 0.25) is 0 Å². The van der Waals surface area contributed by atoms with Crippen molar-refractivity contribution < 1.29 is 4.79 Å². The first-order valence-corrected chi connectivity index (χ1v) is 14.4. The molecule has 39 heavy (non-hydrogen) atoms. The van der Waals surface area contributed by atoms with E-state index >= 15 is 0 Å². The lowest BCUT2D eigenvalue weighted by molar-refractivity contribution is -0.120. The molecule has 1 aliphatic carbocycles. The number of carbonyl (C=O) groups is 1. The molecule has 6 rings (SSSR count). The lowest BCUT2D eigenvalue weighted by atomic mass is 9.72. The Balaban J connectivity index is 1.29. The minimum atomic E-state index is -0.124. The van der Waals surface area contributed by atoms with Gasteiger partial charge in [0, 0.05) is 36.9 Å². The van der Waals surface area contributed by atoms with E-state index in [0.717, 1.165) is 72.9 Å². The number of likely N-dealkylation sites (tertiary alicyclic amines) is 1. The highest BCUT2D eigenvalue weighted by molar-refractivity contribution is 5.92. The molecule has 3 aromatic carbocycles. The SMILES string of the molecule is Cc1cc(C)cc(NC(=O)CN2CCc3cc(-c4cccc(C#N)c4)ccc3C23CCN(C2CCC2)CC3)c1. The highest BCUT2D eigenvalue weighted by atomic mass is 16.2. The Morgan fingerprint density at radius 2 is 1.72 bits per heavy atom. The number of carbonyl (C=O) groups excluding carboxylic acids is 1. The summed E-state index contributed by atoms with van der Waals surface area (Å²) in [5.41, 5.74) is 8.79. The molecule has 0 bridgehead atoms. The van der Waals surface area contributed by atoms with Gasteiger partial charge in [0.1, 0.15) is 0 Å². The lowest BCUT2D eigenvalue weighted by Gasteiger charge is -2.54. The van der Waals surface area contributed by atoms with E-state index in [1.807, 2.05) is 30.3 Å². The fourth-order valence-corrected chi connectivity index (χ4v) is 7.09. The summed E-state index contributed by atoms with van der Waals surface area (Å²) in [5.74, 6) is 0.0641. The van der Waals surface area contributed by atoms with Crippen molar-refractivity contribution in [3.8, 4) is 17.2 Å². The van der Waals surface area contributed by atoms with E-state index in [-0.39, 0.29) is 11.4 Å². The van der Waals surface area contributed by atoms with Crippen molar-refractivity contribution >= 4 is 11.6 Å². The van der Waals surface area contributed by atoms with Crippen LogP contribution in [0.3, 0.4) is 0 Å². The van der Waals surface area contributed by atoms with E-state index in [0.29, 0.717) is 12.1 Å². The molecule has 200 valence electrons. The van der Waals surface area contributed by atoms with Gasteiger partial charge in [0.2, 0.25) is 5.91 Å². The first-order valence-electron chi connectivity index (χ1n) is 14.4. The van der Waals surface area contributed by atoms with Gasteiger partial charge in [-0.05, 0) is 104 Å². The van der Waals surface area contributed by atoms with E-state index in [1.165, 1.54) is 30.4 Å². The van der Waals surface area contributed by atoms with E-state index < -0.39 is 0 Å². The molecular weight excluding hydrogens is 480 g/mol. The van der Waals surface area contributed by atoms with Crippen molar-refractivity contribution in [2.45, 2.75) is 64.0 Å². The van der Waals surface area contributed by atoms with Crippen LogP contribution in [0.4, 0.5) is 5.69 Å². The first-order chi connectivity index (χ1) is 18.9. The van der Waals surface area contributed by atoms with Crippen molar-refractivity contribution in [3.63, 3.8) is 0 Å². The smallest absolute Gasteiger partial charge is 0.238 e. The van der Waals surface area contributed by atoms with Gasteiger partial charge in [-0.2, -0.15) is 5.26 Å². The van der Waals surface area contributed by atoms with Crippen molar-refractivity contribution in [1.82, 2.24) is 9.80 Å². The molecular formula is C34H38N4O. The fraction of sp³-hybridized carbons (Fsp3) is 0.412. The quantitative estimate of drug-likeness (QED) is 0.438. The van der Waals surface area contributed by atoms with Crippen LogP contribution < -0.4 is 5.32 Å². The Morgan fingerprint density at radius 1 is 0.974 bits per heavy atom. The molecule has 3 aromatic rings. The van der Waals surface area contributed by atoms with Crippen molar-refractivity contribution in [1.29, 1.82) is 5.26 Å². The van der Waals surface area contributed by atoms with Crippen LogP contribution >= 0.6 is 0 Å². The van der Waals surface area contributed by atoms with Crippen LogP contribution in [-0.2, 0) is 16.8 Å². The summed E-state index contributed by atoms with van der Waals surface area (Å²) in [6.45, 7) is 7.59. The summed E-state index contributed by atoms with van der Waals surface area (Å²) in [7, 11) is 0. The predicted octanol–water partition coefficient (Wildman–Crippen LogP) is 6.18. The highest BCUT2D eigenvalue weighted by Gasteiger charge is 2.46. The average Bonchev–Trinajstić information content (AvgIpc) is 2.90. The van der Waals surface area contributed by atoms with Crippen molar-refractivity contribution in [2.75, 3.05) is 31.5 Å². The van der Waals surface area contributed by atoms with Crippen LogP contribution in [0.15, 0.2) is 60.7 Å². The van der Waals surface area contributed by atoms with E-state index in [1.54, 1.807) is 0 Å². The second kappa shape index (κ2) is 10.6. The number of amides is 1. The third-order valence-corrected chi connectivity index (χ3v) is 9.24. The van der Waals surface area contributed by atoms with Gasteiger partial charge in [-0.3, -0.25) is 9.69 Å². The average molecular weight is 519 g/mol. The van der Waals surface area contributed by atoms with E-state index in [2.05, 4.69) is 65.4 Å². The van der Waals surface area contributed by atoms with Gasteiger partial charge in [-0.15, -0.1) is 0 Å². The number of fused-ring (bicyclic) bond motifs is 2. The summed E-state index contributed by atoms with van der Waals surface area (Å²) in [4.78, 5) is 18.5. The number of nitrogens with one attached hydrogen (secondary N) is 1. The topological polar surface area (TPSA) is 59.4 Å². The summed E-state index contributed by atoms with van der Waals surface area (Å²) in [6.07, 6.45) is 7.04. The highest BCUT2D eigenvalue weighted by Crippen LogP contribution is 2.45. The molecule has 0 radical (unpaired) electrons. The largest absolute Gasteiger partial charge is 0.325 e. The molecule has 3 aliphatic rings. The number of benzene rings is 3. The van der Waals surface area contributed by atoms with Gasteiger partial charge < -0.3 is 10.2 Å². The van der Waals surface area contributed by atoms with Gasteiger partial charge in [0.15, 0.2) is 0 Å². The third-order valence-electron chi connectivity index (χ3n) is 9.24. The predicted molar refractivity (Wildman–Crippen MR) is 157 cm³/mol. The van der Waals surface area contributed by atoms with Crippen LogP contribution in [-0.4, -0.2) is 47.9 Å². The summed E-state index contributed by atoms with van der Waals surface area (Å²) in [5, 5.41) is 12.6. The minimum absolute atomic E-state index is 0.0641. The van der Waals surface area contributed by atoms with Gasteiger partial charge in [-0.1, -0.05) is 42.8 Å². The van der Waals surface area contributed by atoms with Crippen LogP contribution in [0.5, 0.6) is 0 Å². The van der Waals surface area contributed by atoms with Gasteiger partial charge in [0.25, 0.3) is 0 Å². The normalized spacial score (nSPS) is 19.2. The molecule has 0 aromatic heterocycles. The molecule has 2 fully saturated rings. The molecule has 5 nitrogen and oxygen atoms in total. The number of piperidine rings is 1. The monoisotopic (exact) mass is 518 g/mol. The van der Waals surface area contributed by atoms with Gasteiger partial charge >= 0.3 is 0 Å². The maximum atomic E-state index is 13.4. The maximum Gasteiger partial charge on any atom is 0.238 e. The standard InChI is InChI=1S/C34H38N4O/c1-24-17-25(2)19-30(18-24)36-33(39)23-38-14-11-29-21-28(27-6-3-5-26(20-27)22-35)9-10-32(29)34(38)12-15-37(16-13-34)31-7-4-8-31/h3,5-6,9-10,17-21,31H,4,7-8,11-16,23H2,1-2H3,(H,36,39). The number of aryl methyl sites for hydroxylation is 2. The maximum absolute atomic E-state index is 13.4. The van der Waals surface area contributed by atoms with Gasteiger partial charge in [0.05, 0.1) is 18.2 Å². The molecule has 5 heteroatoms. The number of nitriles is 1. The van der Waals surface area contributed by atoms with Crippen LogP contribution in [0, 0.1) is 25.2 Å². The van der Waals surface area contributed by atoms with Crippen molar-refractivity contribution in [2.24, 2.45) is 0 Å². The Morgan fingerprint density at radius 3 is 2.41 bits per heavy atom. The molecule has 2 heterocycles. The van der Waals surface area contributed by atoms with Crippen molar-refractivity contribution in [3.05, 3.63) is 88.5 Å². The zero-order chi connectivity index (χ0) is 27.0. The third kappa shape index (κ3) is 5.12. The van der Waals surface area contributed by atoms with E-state index in [4.69, 9.17) is 0 Å². The first kappa shape index (κ1) is 25.8. The summed E-state index contributed by atoms with van der Waals surface area (Å²) < 4.78 is 0.